The van der Waals surface area contributed by atoms with Crippen molar-refractivity contribution < 1.29 is 14.6 Å². The van der Waals surface area contributed by atoms with Crippen LogP contribution in [0.1, 0.15) is 26.1 Å². The highest BCUT2D eigenvalue weighted by Gasteiger charge is 2.38. The zero-order valence-corrected chi connectivity index (χ0v) is 12.0. The van der Waals surface area contributed by atoms with Crippen LogP contribution in [-0.4, -0.2) is 46.2 Å². The average molecular weight is 285 g/mol. The Kier molecular flexibility index (Phi) is 4.71. The molecule has 1 aliphatic rings. The number of likely N-dealkylation sites (N-methyl/N-ethyl adjacent to an activating group) is 1. The molecule has 0 bridgehead atoms. The van der Waals surface area contributed by atoms with Gasteiger partial charge in [0.1, 0.15) is 11.7 Å². The Morgan fingerprint density at radius 1 is 1.53 bits per heavy atom. The molecule has 1 fully saturated rings. The zero-order chi connectivity index (χ0) is 13.8. The third-order valence-corrected chi connectivity index (χ3v) is 4.08. The lowest BCUT2D eigenvalue weighted by molar-refractivity contribution is -0.141. The summed E-state index contributed by atoms with van der Waals surface area (Å²) in [6.45, 7) is 5.50. The van der Waals surface area contributed by atoms with Crippen molar-refractivity contribution in [1.29, 1.82) is 0 Å². The van der Waals surface area contributed by atoms with E-state index < -0.39 is 11.9 Å². The number of rotatable bonds is 6. The van der Waals surface area contributed by atoms with Crippen LogP contribution in [0.5, 0.6) is 0 Å². The molecule has 1 N–H and O–H groups in total. The van der Waals surface area contributed by atoms with Gasteiger partial charge in [0.15, 0.2) is 0 Å². The van der Waals surface area contributed by atoms with Crippen LogP contribution in [0.25, 0.3) is 0 Å². The minimum absolute atomic E-state index is 0.148. The van der Waals surface area contributed by atoms with Crippen molar-refractivity contribution >= 4 is 22.6 Å². The Bertz CT molecular complexity index is 438. The van der Waals surface area contributed by atoms with E-state index in [1.54, 1.807) is 0 Å². The van der Waals surface area contributed by atoms with Crippen molar-refractivity contribution in [1.82, 2.24) is 9.36 Å². The maximum Gasteiger partial charge on any atom is 0.311 e. The number of hydrogen-bond donors (Lipinski definition) is 1. The number of aromatic nitrogens is 2. The van der Waals surface area contributed by atoms with E-state index in [0.717, 1.165) is 23.8 Å². The molecule has 0 aromatic carbocycles. The molecule has 0 radical (unpaired) electrons. The monoisotopic (exact) mass is 285 g/mol. The van der Waals surface area contributed by atoms with E-state index in [-0.39, 0.29) is 12.6 Å². The first-order valence-corrected chi connectivity index (χ1v) is 7.34. The van der Waals surface area contributed by atoms with Crippen LogP contribution in [0.15, 0.2) is 0 Å². The van der Waals surface area contributed by atoms with Crippen LogP contribution in [0.4, 0.5) is 5.13 Å². The first kappa shape index (κ1) is 14.2. The molecule has 2 rings (SSSR count). The van der Waals surface area contributed by atoms with Gasteiger partial charge in [-0.15, -0.1) is 0 Å². The molecule has 2 heterocycles. The average Bonchev–Trinajstić information content (AvgIpc) is 3.00. The molecule has 6 nitrogen and oxygen atoms in total. The molecular formula is C12H19N3O3S. The predicted molar refractivity (Wildman–Crippen MR) is 72.7 cm³/mol. The minimum atomic E-state index is -0.806. The van der Waals surface area contributed by atoms with Crippen molar-refractivity contribution in [3.63, 3.8) is 0 Å². The van der Waals surface area contributed by atoms with Gasteiger partial charge in [-0.2, -0.15) is 4.37 Å². The van der Waals surface area contributed by atoms with E-state index in [1.807, 2.05) is 11.8 Å². The van der Waals surface area contributed by atoms with Crippen LogP contribution >= 0.6 is 11.5 Å². The van der Waals surface area contributed by atoms with Crippen LogP contribution in [-0.2, 0) is 16.0 Å². The molecule has 2 unspecified atom stereocenters. The van der Waals surface area contributed by atoms with Gasteiger partial charge in [-0.3, -0.25) is 4.79 Å². The summed E-state index contributed by atoms with van der Waals surface area (Å²) < 4.78 is 9.64. The van der Waals surface area contributed by atoms with E-state index in [2.05, 4.69) is 16.3 Å². The zero-order valence-electron chi connectivity index (χ0n) is 11.2. The molecule has 1 saturated heterocycles. The molecule has 0 spiro atoms. The van der Waals surface area contributed by atoms with Gasteiger partial charge in [0.25, 0.3) is 0 Å². The highest BCUT2D eigenvalue weighted by Crippen LogP contribution is 2.27. The van der Waals surface area contributed by atoms with Gasteiger partial charge in [-0.25, -0.2) is 4.98 Å². The molecule has 2 atom stereocenters. The first-order chi connectivity index (χ1) is 9.17. The Balaban J connectivity index is 2.16. The number of ether oxygens (including phenoxy) is 1. The van der Waals surface area contributed by atoms with Crippen molar-refractivity contribution in [3.05, 3.63) is 5.82 Å². The van der Waals surface area contributed by atoms with Crippen molar-refractivity contribution in [2.45, 2.75) is 32.7 Å². The lowest BCUT2D eigenvalue weighted by atomic mass is 10.0. The number of aliphatic carboxylic acids is 1. The molecule has 0 amide bonds. The standard InChI is InChI=1S/C12H19N3O3S/c1-3-5-10-13-12(19-14-10)15(4-2)9-7-18-6-8(9)11(16)17/h8-9H,3-7H2,1-2H3,(H,16,17). The largest absolute Gasteiger partial charge is 0.481 e. The SMILES string of the molecule is CCCc1nsc(N(CC)C2COCC2C(=O)O)n1. The van der Waals surface area contributed by atoms with E-state index in [0.29, 0.717) is 13.2 Å². The van der Waals surface area contributed by atoms with Crippen molar-refractivity contribution in [3.8, 4) is 0 Å². The smallest absolute Gasteiger partial charge is 0.311 e. The molecule has 19 heavy (non-hydrogen) atoms. The lowest BCUT2D eigenvalue weighted by Gasteiger charge is -2.28. The fourth-order valence-electron chi connectivity index (χ4n) is 2.28. The molecule has 1 aromatic rings. The van der Waals surface area contributed by atoms with Gasteiger partial charge >= 0.3 is 5.97 Å². The number of carbonyl (C=O) groups is 1. The molecule has 106 valence electrons. The van der Waals surface area contributed by atoms with Gasteiger partial charge in [0, 0.05) is 24.5 Å². The lowest BCUT2D eigenvalue weighted by Crippen LogP contribution is -2.43. The number of carboxylic acid groups (broad SMARTS) is 1. The molecular weight excluding hydrogens is 266 g/mol. The molecule has 7 heteroatoms. The number of hydrogen-bond acceptors (Lipinski definition) is 6. The topological polar surface area (TPSA) is 75.6 Å². The van der Waals surface area contributed by atoms with Gasteiger partial charge in [-0.05, 0) is 13.3 Å². The quantitative estimate of drug-likeness (QED) is 0.852. The van der Waals surface area contributed by atoms with Gasteiger partial charge < -0.3 is 14.7 Å². The highest BCUT2D eigenvalue weighted by molar-refractivity contribution is 7.09. The third kappa shape index (κ3) is 3.03. The summed E-state index contributed by atoms with van der Waals surface area (Å²) in [5, 5.41) is 10.0. The fraction of sp³-hybridized carbons (Fsp3) is 0.750. The Morgan fingerprint density at radius 2 is 2.32 bits per heavy atom. The molecule has 1 aliphatic heterocycles. The maximum absolute atomic E-state index is 11.2. The predicted octanol–water partition coefficient (Wildman–Crippen LogP) is 1.42. The van der Waals surface area contributed by atoms with Crippen LogP contribution in [0.3, 0.4) is 0 Å². The number of anilines is 1. The first-order valence-electron chi connectivity index (χ1n) is 6.57. The summed E-state index contributed by atoms with van der Waals surface area (Å²) in [7, 11) is 0. The van der Waals surface area contributed by atoms with Crippen LogP contribution < -0.4 is 4.90 Å². The van der Waals surface area contributed by atoms with E-state index in [9.17, 15) is 9.90 Å². The van der Waals surface area contributed by atoms with E-state index in [1.165, 1.54) is 11.5 Å². The Morgan fingerprint density at radius 3 is 2.95 bits per heavy atom. The Labute approximate surface area is 116 Å². The summed E-state index contributed by atoms with van der Waals surface area (Å²) in [5.41, 5.74) is 0. The number of aryl methyl sites for hydroxylation is 1. The number of nitrogens with zero attached hydrogens (tertiary/aromatic N) is 3. The summed E-state index contributed by atoms with van der Waals surface area (Å²) in [4.78, 5) is 17.7. The van der Waals surface area contributed by atoms with Crippen LogP contribution in [0.2, 0.25) is 0 Å². The second kappa shape index (κ2) is 6.29. The Hall–Kier alpha value is -1.21. The van der Waals surface area contributed by atoms with Gasteiger partial charge in [-0.1, -0.05) is 6.92 Å². The maximum atomic E-state index is 11.2. The second-order valence-corrected chi connectivity index (χ2v) is 5.31. The molecule has 0 aliphatic carbocycles. The van der Waals surface area contributed by atoms with Crippen molar-refractivity contribution in [2.75, 3.05) is 24.7 Å². The van der Waals surface area contributed by atoms with Crippen molar-refractivity contribution in [2.24, 2.45) is 5.92 Å². The fourth-order valence-corrected chi connectivity index (χ4v) is 3.12. The van der Waals surface area contributed by atoms with Gasteiger partial charge in [0.05, 0.1) is 19.3 Å². The summed E-state index contributed by atoms with van der Waals surface area (Å²) in [6.07, 6.45) is 1.87. The number of carboxylic acids is 1. The van der Waals surface area contributed by atoms with E-state index >= 15 is 0 Å². The molecule has 0 saturated carbocycles. The van der Waals surface area contributed by atoms with Gasteiger partial charge in [0.2, 0.25) is 5.13 Å². The minimum Gasteiger partial charge on any atom is -0.481 e. The third-order valence-electron chi connectivity index (χ3n) is 3.29. The van der Waals surface area contributed by atoms with E-state index in [4.69, 9.17) is 4.74 Å². The summed E-state index contributed by atoms with van der Waals surface area (Å²) >= 11 is 1.34. The summed E-state index contributed by atoms with van der Waals surface area (Å²) in [6, 6.07) is -0.148. The highest BCUT2D eigenvalue weighted by atomic mass is 32.1. The normalized spacial score (nSPS) is 22.6. The summed E-state index contributed by atoms with van der Waals surface area (Å²) in [5.74, 6) is -0.454. The molecule has 1 aromatic heterocycles. The van der Waals surface area contributed by atoms with Crippen LogP contribution in [0, 0.1) is 5.92 Å². The second-order valence-electron chi connectivity index (χ2n) is 4.58.